The molecule has 9 heteroatoms. The minimum absolute atomic E-state index is 0.0260. The summed E-state index contributed by atoms with van der Waals surface area (Å²) in [5.74, 6) is 1.46. The van der Waals surface area contributed by atoms with Gasteiger partial charge in [-0.25, -0.2) is 20.8 Å². The first-order valence-corrected chi connectivity index (χ1v) is 9.64. The van der Waals surface area contributed by atoms with Crippen molar-refractivity contribution in [1.82, 2.24) is 25.7 Å². The van der Waals surface area contributed by atoms with Crippen molar-refractivity contribution in [3.05, 3.63) is 47.4 Å². The van der Waals surface area contributed by atoms with Crippen molar-refractivity contribution in [3.8, 4) is 11.8 Å². The summed E-state index contributed by atoms with van der Waals surface area (Å²) in [6.07, 6.45) is 3.84. The molecule has 3 N–H and O–H groups in total. The van der Waals surface area contributed by atoms with Crippen molar-refractivity contribution < 1.29 is 9.47 Å². The lowest BCUT2D eigenvalue weighted by Crippen LogP contribution is -2.36. The molecule has 2 aliphatic rings. The molecule has 3 atom stereocenters. The van der Waals surface area contributed by atoms with Crippen molar-refractivity contribution in [2.45, 2.75) is 24.7 Å². The Morgan fingerprint density at radius 2 is 2.21 bits per heavy atom. The Labute approximate surface area is 170 Å². The molecule has 2 saturated heterocycles. The fourth-order valence-electron chi connectivity index (χ4n) is 3.69. The van der Waals surface area contributed by atoms with E-state index in [4.69, 9.17) is 14.7 Å². The first-order valence-electron chi connectivity index (χ1n) is 9.64. The summed E-state index contributed by atoms with van der Waals surface area (Å²) < 4.78 is 11.6. The number of hydrogen-bond donors (Lipinski definition) is 3. The topological polar surface area (TPSA) is 107 Å². The molecular weight excluding hydrogens is 370 g/mol. The minimum Gasteiger partial charge on any atom is -0.496 e. The van der Waals surface area contributed by atoms with E-state index in [1.54, 1.807) is 13.3 Å². The number of likely N-dealkylation sites (N-methyl/N-ethyl adjacent to an activating group) is 1. The third-order valence-electron chi connectivity index (χ3n) is 5.27. The molecule has 2 fully saturated rings. The van der Waals surface area contributed by atoms with E-state index in [1.807, 2.05) is 6.07 Å². The molecule has 0 saturated carbocycles. The number of aromatic nitrogens is 2. The second kappa shape index (κ2) is 8.71. The smallest absolute Gasteiger partial charge is 0.158 e. The summed E-state index contributed by atoms with van der Waals surface area (Å²) in [4.78, 5) is 10.5. The second-order valence-electron chi connectivity index (χ2n) is 7.30. The second-order valence-corrected chi connectivity index (χ2v) is 7.30. The van der Waals surface area contributed by atoms with Gasteiger partial charge in [0.25, 0.3) is 0 Å². The number of methoxy groups -OCH3 is 1. The zero-order valence-corrected chi connectivity index (χ0v) is 16.6. The highest BCUT2D eigenvalue weighted by Crippen LogP contribution is 2.34. The van der Waals surface area contributed by atoms with Crippen LogP contribution >= 0.6 is 0 Å². The summed E-state index contributed by atoms with van der Waals surface area (Å²) in [5.41, 5.74) is 9.06. The first kappa shape index (κ1) is 19.5. The van der Waals surface area contributed by atoms with E-state index in [9.17, 15) is 0 Å². The van der Waals surface area contributed by atoms with Crippen molar-refractivity contribution in [1.29, 1.82) is 5.26 Å². The number of nitrogens with one attached hydrogen (secondary N) is 3. The van der Waals surface area contributed by atoms with Crippen LogP contribution in [0.25, 0.3) is 0 Å². The van der Waals surface area contributed by atoms with Gasteiger partial charge in [-0.05, 0) is 18.7 Å². The number of benzene rings is 1. The van der Waals surface area contributed by atoms with E-state index in [0.29, 0.717) is 11.5 Å². The van der Waals surface area contributed by atoms with Crippen LogP contribution in [-0.4, -0.2) is 54.9 Å². The van der Waals surface area contributed by atoms with Gasteiger partial charge in [0.1, 0.15) is 17.6 Å². The summed E-state index contributed by atoms with van der Waals surface area (Å²) in [7, 11) is 3.81. The van der Waals surface area contributed by atoms with Crippen molar-refractivity contribution in [3.63, 3.8) is 0 Å². The number of hydrazine groups is 1. The quantitative estimate of drug-likeness (QED) is 0.691. The average molecular weight is 395 g/mol. The van der Waals surface area contributed by atoms with Gasteiger partial charge in [-0.15, -0.1) is 0 Å². The number of ether oxygens (including phenoxy) is 2. The lowest BCUT2D eigenvalue weighted by atomic mass is 9.98. The molecule has 9 nitrogen and oxygen atoms in total. The fourth-order valence-corrected chi connectivity index (χ4v) is 3.69. The largest absolute Gasteiger partial charge is 0.496 e. The van der Waals surface area contributed by atoms with Crippen LogP contribution in [0, 0.1) is 11.3 Å². The number of nitrogens with zero attached hydrogens (tertiary/aromatic N) is 4. The molecule has 2 aromatic rings. The normalized spacial score (nSPS) is 24.8. The maximum atomic E-state index is 8.82. The molecule has 0 aliphatic carbocycles. The number of rotatable bonds is 5. The molecule has 0 spiro atoms. The van der Waals surface area contributed by atoms with E-state index >= 15 is 0 Å². The van der Waals surface area contributed by atoms with Crippen molar-refractivity contribution in [2.24, 2.45) is 0 Å². The molecule has 2 unspecified atom stereocenters. The fraction of sp³-hybridized carbons (Fsp3) is 0.450. The van der Waals surface area contributed by atoms with Gasteiger partial charge in [0.15, 0.2) is 5.69 Å². The van der Waals surface area contributed by atoms with Crippen LogP contribution in [0.2, 0.25) is 0 Å². The van der Waals surface area contributed by atoms with Crippen LogP contribution in [-0.2, 0) is 4.74 Å². The highest BCUT2D eigenvalue weighted by Gasteiger charge is 2.28. The standard InChI is InChI=1S/C20H25N7O2/c1-27-5-6-29-18(12-27)13-3-4-15(17(7-13)28-2)16-8-19(26-25-16)24-20-11-22-14(9-21)10-23-20/h3-4,7,10-11,16,18-19,25-26H,5-6,8,12H2,1-2H3,(H,23,24)/t16?,18-,19?/m0/s1. The highest BCUT2D eigenvalue weighted by atomic mass is 16.5. The zero-order chi connectivity index (χ0) is 20.2. The molecule has 0 bridgehead atoms. The predicted octanol–water partition coefficient (Wildman–Crippen LogP) is 1.34. The van der Waals surface area contributed by atoms with Crippen LogP contribution in [0.15, 0.2) is 30.6 Å². The molecule has 1 aromatic carbocycles. The van der Waals surface area contributed by atoms with Gasteiger partial charge in [-0.3, -0.25) is 0 Å². The van der Waals surface area contributed by atoms with Crippen LogP contribution < -0.4 is 20.9 Å². The van der Waals surface area contributed by atoms with E-state index in [2.05, 4.69) is 56.3 Å². The maximum absolute atomic E-state index is 8.82. The lowest BCUT2D eigenvalue weighted by Gasteiger charge is -2.30. The minimum atomic E-state index is -0.0260. The molecule has 152 valence electrons. The molecule has 2 aliphatic heterocycles. The van der Waals surface area contributed by atoms with Gasteiger partial charge in [-0.1, -0.05) is 12.1 Å². The Morgan fingerprint density at radius 1 is 1.31 bits per heavy atom. The third kappa shape index (κ3) is 4.46. The van der Waals surface area contributed by atoms with Gasteiger partial charge in [-0.2, -0.15) is 5.26 Å². The third-order valence-corrected chi connectivity index (χ3v) is 5.27. The average Bonchev–Trinajstić information content (AvgIpc) is 3.22. The number of anilines is 1. The van der Waals surface area contributed by atoms with Crippen LogP contribution in [0.4, 0.5) is 5.82 Å². The maximum Gasteiger partial charge on any atom is 0.158 e. The SMILES string of the molecule is COc1cc([C@@H]2CN(C)CCO2)ccc1C1CC(Nc2cnc(C#N)cn2)NN1. The lowest BCUT2D eigenvalue weighted by molar-refractivity contribution is -0.0209. The summed E-state index contributed by atoms with van der Waals surface area (Å²) in [5, 5.41) is 12.1. The Morgan fingerprint density at radius 3 is 2.93 bits per heavy atom. The monoisotopic (exact) mass is 395 g/mol. The first-order chi connectivity index (χ1) is 14.2. The Kier molecular flexibility index (Phi) is 5.87. The number of hydrogen-bond acceptors (Lipinski definition) is 9. The van der Waals surface area contributed by atoms with Crippen LogP contribution in [0.3, 0.4) is 0 Å². The van der Waals surface area contributed by atoms with Crippen molar-refractivity contribution >= 4 is 5.82 Å². The Hall–Kier alpha value is -2.77. The van der Waals surface area contributed by atoms with Crippen LogP contribution in [0.1, 0.15) is 35.4 Å². The zero-order valence-electron chi connectivity index (χ0n) is 16.6. The Balaban J connectivity index is 1.43. The summed E-state index contributed by atoms with van der Waals surface area (Å²) in [6, 6.07) is 8.35. The summed E-state index contributed by atoms with van der Waals surface area (Å²) >= 11 is 0. The van der Waals surface area contributed by atoms with Gasteiger partial charge >= 0.3 is 0 Å². The number of morpholine rings is 1. The molecule has 1 aromatic heterocycles. The van der Waals surface area contributed by atoms with Gasteiger partial charge in [0.2, 0.25) is 0 Å². The van der Waals surface area contributed by atoms with E-state index in [1.165, 1.54) is 6.20 Å². The van der Waals surface area contributed by atoms with Gasteiger partial charge in [0, 0.05) is 25.1 Å². The molecule has 4 rings (SSSR count). The van der Waals surface area contributed by atoms with Gasteiger partial charge in [0.05, 0.1) is 44.4 Å². The molecule has 0 radical (unpaired) electrons. The van der Waals surface area contributed by atoms with E-state index in [-0.39, 0.29) is 18.3 Å². The van der Waals surface area contributed by atoms with E-state index < -0.39 is 0 Å². The highest BCUT2D eigenvalue weighted by molar-refractivity contribution is 5.42. The predicted molar refractivity (Wildman–Crippen MR) is 107 cm³/mol. The summed E-state index contributed by atoms with van der Waals surface area (Å²) in [6.45, 7) is 2.58. The molecule has 3 heterocycles. The molecule has 29 heavy (non-hydrogen) atoms. The number of nitriles is 1. The van der Waals surface area contributed by atoms with Gasteiger partial charge < -0.3 is 19.7 Å². The molecular formula is C20H25N7O2. The Bertz CT molecular complexity index is 883. The van der Waals surface area contributed by atoms with Crippen LogP contribution in [0.5, 0.6) is 5.75 Å². The van der Waals surface area contributed by atoms with Crippen molar-refractivity contribution in [2.75, 3.05) is 39.2 Å². The molecule has 0 amide bonds. The van der Waals surface area contributed by atoms with E-state index in [0.717, 1.165) is 43.0 Å².